The van der Waals surface area contributed by atoms with Gasteiger partial charge in [-0.1, -0.05) is 23.7 Å². The van der Waals surface area contributed by atoms with Crippen LogP contribution in [0.4, 0.5) is 11.4 Å². The van der Waals surface area contributed by atoms with E-state index in [-0.39, 0.29) is 27.1 Å². The fraction of sp³-hybridized carbons (Fsp3) is 0.0909. The summed E-state index contributed by atoms with van der Waals surface area (Å²) >= 11 is 6.00. The van der Waals surface area contributed by atoms with Crippen LogP contribution < -0.4 is 10.0 Å². The van der Waals surface area contributed by atoms with Gasteiger partial charge in [0.15, 0.2) is 0 Å². The maximum atomic E-state index is 12.6. The van der Waals surface area contributed by atoms with Crippen LogP contribution in [0.5, 0.6) is 0 Å². The van der Waals surface area contributed by atoms with Gasteiger partial charge in [-0.25, -0.2) is 8.42 Å². The molecule has 0 unspecified atom stereocenters. The van der Waals surface area contributed by atoms with Gasteiger partial charge in [-0.15, -0.1) is 0 Å². The number of halogens is 1. The number of rotatable bonds is 6. The van der Waals surface area contributed by atoms with Crippen LogP contribution in [0.1, 0.15) is 20.7 Å². The third kappa shape index (κ3) is 5.42. The SMILES string of the molecule is CN(C)C(=O)c1ccc(NC(=O)c2ccc(S(=O)(=O)Nc3ccccc3Cl)cc2)cc1. The van der Waals surface area contributed by atoms with Crippen molar-refractivity contribution in [1.29, 1.82) is 0 Å². The average molecular weight is 458 g/mol. The van der Waals surface area contributed by atoms with E-state index in [9.17, 15) is 18.0 Å². The van der Waals surface area contributed by atoms with Crippen molar-refractivity contribution in [3.05, 3.63) is 88.9 Å². The Morgan fingerprint density at radius 3 is 2.00 bits per heavy atom. The lowest BCUT2D eigenvalue weighted by Crippen LogP contribution is -2.21. The van der Waals surface area contributed by atoms with Crippen LogP contribution in [0.15, 0.2) is 77.7 Å². The Kier molecular flexibility index (Phi) is 6.62. The first-order chi connectivity index (χ1) is 14.7. The van der Waals surface area contributed by atoms with E-state index in [0.717, 1.165) is 0 Å². The fourth-order valence-corrected chi connectivity index (χ4v) is 4.01. The third-order valence-corrected chi connectivity index (χ3v) is 6.05. The van der Waals surface area contributed by atoms with Crippen LogP contribution >= 0.6 is 11.6 Å². The largest absolute Gasteiger partial charge is 0.345 e. The smallest absolute Gasteiger partial charge is 0.261 e. The highest BCUT2D eigenvalue weighted by molar-refractivity contribution is 7.92. The average Bonchev–Trinajstić information content (AvgIpc) is 2.75. The Morgan fingerprint density at radius 2 is 1.42 bits per heavy atom. The standard InChI is InChI=1S/C22H20ClN3O4S/c1-26(2)22(28)16-7-11-17(12-8-16)24-21(27)15-9-13-18(14-10-15)31(29,30)25-20-6-4-3-5-19(20)23/h3-14,25H,1-2H3,(H,24,27). The van der Waals surface area contributed by atoms with Gasteiger partial charge >= 0.3 is 0 Å². The van der Waals surface area contributed by atoms with Crippen LogP contribution in [-0.4, -0.2) is 39.2 Å². The molecule has 0 aliphatic rings. The minimum Gasteiger partial charge on any atom is -0.345 e. The minimum atomic E-state index is -3.86. The Balaban J connectivity index is 1.70. The molecule has 0 radical (unpaired) electrons. The molecule has 0 bridgehead atoms. The molecule has 9 heteroatoms. The minimum absolute atomic E-state index is 0.00415. The van der Waals surface area contributed by atoms with E-state index in [0.29, 0.717) is 11.3 Å². The van der Waals surface area contributed by atoms with E-state index in [1.165, 1.54) is 29.2 Å². The number of carbonyl (C=O) groups is 2. The number of nitrogens with one attached hydrogen (secondary N) is 2. The van der Waals surface area contributed by atoms with Crippen molar-refractivity contribution >= 4 is 44.8 Å². The van der Waals surface area contributed by atoms with Crippen molar-refractivity contribution in [2.24, 2.45) is 0 Å². The quantitative estimate of drug-likeness (QED) is 0.582. The molecule has 0 heterocycles. The van der Waals surface area contributed by atoms with Crippen LogP contribution in [-0.2, 0) is 10.0 Å². The first kappa shape index (κ1) is 22.3. The van der Waals surface area contributed by atoms with Crippen LogP contribution in [0.2, 0.25) is 5.02 Å². The monoisotopic (exact) mass is 457 g/mol. The molecule has 0 spiro atoms. The van der Waals surface area contributed by atoms with Crippen molar-refractivity contribution in [3.63, 3.8) is 0 Å². The summed E-state index contributed by atoms with van der Waals surface area (Å²) in [6.07, 6.45) is 0. The Bertz CT molecular complexity index is 1210. The number of amides is 2. The number of para-hydroxylation sites is 1. The molecule has 0 aliphatic heterocycles. The van der Waals surface area contributed by atoms with E-state index in [2.05, 4.69) is 10.0 Å². The second-order valence-corrected chi connectivity index (χ2v) is 8.93. The second-order valence-electron chi connectivity index (χ2n) is 6.84. The van der Waals surface area contributed by atoms with E-state index in [1.807, 2.05) is 0 Å². The molecular formula is C22H20ClN3O4S. The number of hydrogen-bond donors (Lipinski definition) is 2. The maximum absolute atomic E-state index is 12.6. The molecule has 0 aromatic heterocycles. The Hall–Kier alpha value is -3.36. The molecule has 3 aromatic carbocycles. The van der Waals surface area contributed by atoms with Gasteiger partial charge < -0.3 is 10.2 Å². The van der Waals surface area contributed by atoms with E-state index in [4.69, 9.17) is 11.6 Å². The van der Waals surface area contributed by atoms with Gasteiger partial charge in [0, 0.05) is 30.9 Å². The molecule has 0 saturated heterocycles. The predicted molar refractivity (Wildman–Crippen MR) is 121 cm³/mol. The third-order valence-electron chi connectivity index (χ3n) is 4.34. The summed E-state index contributed by atoms with van der Waals surface area (Å²) in [4.78, 5) is 25.9. The summed E-state index contributed by atoms with van der Waals surface area (Å²) < 4.78 is 27.5. The molecule has 0 aliphatic carbocycles. The summed E-state index contributed by atoms with van der Waals surface area (Å²) in [7, 11) is -0.542. The lowest BCUT2D eigenvalue weighted by Gasteiger charge is -2.11. The zero-order valence-electron chi connectivity index (χ0n) is 16.8. The van der Waals surface area contributed by atoms with Gasteiger partial charge in [-0.2, -0.15) is 0 Å². The van der Waals surface area contributed by atoms with Crippen molar-refractivity contribution in [3.8, 4) is 0 Å². The highest BCUT2D eigenvalue weighted by atomic mass is 35.5. The van der Waals surface area contributed by atoms with Gasteiger partial charge in [0.1, 0.15) is 0 Å². The summed E-state index contributed by atoms with van der Waals surface area (Å²) in [6, 6.07) is 18.5. The molecule has 2 amide bonds. The molecule has 0 saturated carbocycles. The molecule has 3 aromatic rings. The first-order valence-electron chi connectivity index (χ1n) is 9.18. The number of anilines is 2. The molecule has 160 valence electrons. The summed E-state index contributed by atoms with van der Waals surface area (Å²) in [5, 5.41) is 2.99. The summed E-state index contributed by atoms with van der Waals surface area (Å²) in [6.45, 7) is 0. The zero-order chi connectivity index (χ0) is 22.6. The number of benzene rings is 3. The van der Waals surface area contributed by atoms with Crippen molar-refractivity contribution in [1.82, 2.24) is 4.90 Å². The van der Waals surface area contributed by atoms with Crippen LogP contribution in [0.25, 0.3) is 0 Å². The van der Waals surface area contributed by atoms with E-state index < -0.39 is 15.9 Å². The van der Waals surface area contributed by atoms with Gasteiger partial charge in [-0.3, -0.25) is 14.3 Å². The first-order valence-corrected chi connectivity index (χ1v) is 11.0. The highest BCUT2D eigenvalue weighted by Crippen LogP contribution is 2.24. The van der Waals surface area contributed by atoms with Crippen LogP contribution in [0, 0.1) is 0 Å². The summed E-state index contributed by atoms with van der Waals surface area (Å²) in [5.41, 5.74) is 1.56. The maximum Gasteiger partial charge on any atom is 0.261 e. The number of sulfonamides is 1. The molecule has 2 N–H and O–H groups in total. The highest BCUT2D eigenvalue weighted by Gasteiger charge is 2.17. The van der Waals surface area contributed by atoms with Gasteiger partial charge in [-0.05, 0) is 60.7 Å². The normalized spacial score (nSPS) is 10.9. The molecule has 3 rings (SSSR count). The number of hydrogen-bond acceptors (Lipinski definition) is 4. The molecular weight excluding hydrogens is 438 g/mol. The van der Waals surface area contributed by atoms with Gasteiger partial charge in [0.05, 0.1) is 15.6 Å². The Morgan fingerprint density at radius 1 is 0.839 bits per heavy atom. The predicted octanol–water partition coefficient (Wildman–Crippen LogP) is 4.09. The van der Waals surface area contributed by atoms with Gasteiger partial charge in [0.25, 0.3) is 21.8 Å². The molecule has 31 heavy (non-hydrogen) atoms. The van der Waals surface area contributed by atoms with Crippen molar-refractivity contribution in [2.75, 3.05) is 24.1 Å². The van der Waals surface area contributed by atoms with E-state index >= 15 is 0 Å². The molecule has 0 fully saturated rings. The fourth-order valence-electron chi connectivity index (χ4n) is 2.69. The lowest BCUT2D eigenvalue weighted by atomic mass is 10.1. The molecule has 0 atom stereocenters. The topological polar surface area (TPSA) is 95.6 Å². The number of carbonyl (C=O) groups excluding carboxylic acids is 2. The van der Waals surface area contributed by atoms with Crippen molar-refractivity contribution in [2.45, 2.75) is 4.90 Å². The van der Waals surface area contributed by atoms with E-state index in [1.54, 1.807) is 62.6 Å². The second kappa shape index (κ2) is 9.20. The zero-order valence-corrected chi connectivity index (χ0v) is 18.4. The van der Waals surface area contributed by atoms with Crippen LogP contribution in [0.3, 0.4) is 0 Å². The van der Waals surface area contributed by atoms with Gasteiger partial charge in [0.2, 0.25) is 0 Å². The molecule has 7 nitrogen and oxygen atoms in total. The van der Waals surface area contributed by atoms with Crippen molar-refractivity contribution < 1.29 is 18.0 Å². The summed E-state index contributed by atoms with van der Waals surface area (Å²) in [5.74, 6) is -0.547. The lowest BCUT2D eigenvalue weighted by molar-refractivity contribution is 0.0827. The Labute approximate surface area is 185 Å². The number of nitrogens with zero attached hydrogens (tertiary/aromatic N) is 1.